The molecule has 0 atom stereocenters. The zero-order chi connectivity index (χ0) is 21.9. The third-order valence-electron chi connectivity index (χ3n) is 4.89. The number of carboxylic acid groups (broad SMARTS) is 3. The van der Waals surface area contributed by atoms with E-state index >= 15 is 0 Å². The van der Waals surface area contributed by atoms with Crippen molar-refractivity contribution in [2.75, 3.05) is 45.8 Å². The molecule has 10 nitrogen and oxygen atoms in total. The van der Waals surface area contributed by atoms with Crippen LogP contribution in [0.2, 0.25) is 0 Å². The molecule has 0 aromatic carbocycles. The highest BCUT2D eigenvalue weighted by Gasteiger charge is 2.17. The molecule has 1 aliphatic rings. The van der Waals surface area contributed by atoms with Gasteiger partial charge in [0.25, 0.3) is 0 Å². The van der Waals surface area contributed by atoms with Crippen LogP contribution in [0.1, 0.15) is 30.7 Å². The van der Waals surface area contributed by atoms with E-state index in [0.717, 1.165) is 11.4 Å². The summed E-state index contributed by atoms with van der Waals surface area (Å²) in [5.41, 5.74) is 1.48. The van der Waals surface area contributed by atoms with Gasteiger partial charge in [-0.25, -0.2) is 0 Å². The van der Waals surface area contributed by atoms with Gasteiger partial charge in [0.2, 0.25) is 0 Å². The van der Waals surface area contributed by atoms with Gasteiger partial charge in [-0.3, -0.25) is 29.2 Å². The third kappa shape index (κ3) is 9.29. The second-order valence-corrected chi connectivity index (χ2v) is 7.52. The Bertz CT molecular complexity index is 682. The fraction of sp³-hybridized carbons (Fsp3) is 0.600. The van der Waals surface area contributed by atoms with Crippen molar-refractivity contribution in [3.8, 4) is 0 Å². The molecular formula is C20H30N4O6. The topological polar surface area (TPSA) is 135 Å². The Morgan fingerprint density at radius 1 is 0.767 bits per heavy atom. The summed E-state index contributed by atoms with van der Waals surface area (Å²) in [5, 5.41) is 27.5. The van der Waals surface area contributed by atoms with E-state index in [1.807, 2.05) is 28.0 Å². The Labute approximate surface area is 175 Å². The average Bonchev–Trinajstić information content (AvgIpc) is 2.64. The summed E-state index contributed by atoms with van der Waals surface area (Å²) in [4.78, 5) is 43.7. The first kappa shape index (κ1) is 23.7. The second-order valence-electron chi connectivity index (χ2n) is 7.52. The van der Waals surface area contributed by atoms with Crippen molar-refractivity contribution in [2.45, 2.75) is 32.4 Å². The Morgan fingerprint density at radius 2 is 1.23 bits per heavy atom. The predicted molar refractivity (Wildman–Crippen MR) is 108 cm³/mol. The minimum atomic E-state index is -0.914. The molecular weight excluding hydrogens is 392 g/mol. The third-order valence-corrected chi connectivity index (χ3v) is 4.89. The van der Waals surface area contributed by atoms with Crippen LogP contribution in [0.3, 0.4) is 0 Å². The van der Waals surface area contributed by atoms with E-state index in [-0.39, 0.29) is 19.5 Å². The lowest BCUT2D eigenvalue weighted by Gasteiger charge is -2.27. The van der Waals surface area contributed by atoms with Crippen LogP contribution >= 0.6 is 0 Å². The van der Waals surface area contributed by atoms with Crippen LogP contribution in [0, 0.1) is 0 Å². The molecule has 30 heavy (non-hydrogen) atoms. The zero-order valence-electron chi connectivity index (χ0n) is 17.1. The van der Waals surface area contributed by atoms with Gasteiger partial charge in [-0.2, -0.15) is 0 Å². The number of pyridine rings is 1. The summed E-state index contributed by atoms with van der Waals surface area (Å²) < 4.78 is 0. The minimum absolute atomic E-state index is 0.0339. The Morgan fingerprint density at radius 3 is 1.67 bits per heavy atom. The molecule has 0 saturated heterocycles. The van der Waals surface area contributed by atoms with E-state index in [1.54, 1.807) is 0 Å². The van der Waals surface area contributed by atoms with E-state index in [4.69, 9.17) is 5.11 Å². The molecule has 0 radical (unpaired) electrons. The van der Waals surface area contributed by atoms with Crippen molar-refractivity contribution in [2.24, 2.45) is 0 Å². The smallest absolute Gasteiger partial charge is 0.317 e. The SMILES string of the molecule is O=C(O)CCN1CCCN(CC(=O)O)Cc2cccc(n2)CN(CC(=O)O)CCC1. The lowest BCUT2D eigenvalue weighted by Crippen LogP contribution is -2.37. The molecule has 1 aromatic rings. The molecule has 0 saturated carbocycles. The molecule has 2 heterocycles. The maximum atomic E-state index is 11.3. The number of nitrogens with zero attached hydrogens (tertiary/aromatic N) is 4. The van der Waals surface area contributed by atoms with Gasteiger partial charge >= 0.3 is 17.9 Å². The maximum Gasteiger partial charge on any atom is 0.317 e. The molecule has 2 rings (SSSR count). The van der Waals surface area contributed by atoms with Crippen molar-refractivity contribution in [1.29, 1.82) is 0 Å². The fourth-order valence-corrected chi connectivity index (χ4v) is 3.60. The van der Waals surface area contributed by atoms with E-state index in [2.05, 4.69) is 9.88 Å². The lowest BCUT2D eigenvalue weighted by atomic mass is 10.2. The monoisotopic (exact) mass is 422 g/mol. The number of aliphatic carboxylic acids is 3. The number of hydrogen-bond donors (Lipinski definition) is 3. The van der Waals surface area contributed by atoms with Crippen LogP contribution in [0.5, 0.6) is 0 Å². The van der Waals surface area contributed by atoms with Gasteiger partial charge in [-0.15, -0.1) is 0 Å². The number of hydrogen-bond acceptors (Lipinski definition) is 7. The first-order valence-corrected chi connectivity index (χ1v) is 10.1. The van der Waals surface area contributed by atoms with Gasteiger partial charge in [0.1, 0.15) is 0 Å². The fourth-order valence-electron chi connectivity index (χ4n) is 3.60. The Balaban J connectivity index is 2.18. The predicted octanol–water partition coefficient (Wildman–Crippen LogP) is 0.425. The first-order chi connectivity index (χ1) is 14.3. The molecule has 0 unspecified atom stereocenters. The van der Waals surface area contributed by atoms with Gasteiger partial charge in [-0.1, -0.05) is 6.07 Å². The van der Waals surface area contributed by atoms with Crippen LogP contribution < -0.4 is 0 Å². The van der Waals surface area contributed by atoms with Crippen molar-refractivity contribution >= 4 is 17.9 Å². The summed E-state index contributed by atoms with van der Waals surface area (Å²) in [6, 6.07) is 5.53. The normalized spacial score (nSPS) is 17.9. The number of carbonyl (C=O) groups is 3. The summed E-state index contributed by atoms with van der Waals surface area (Å²) in [5.74, 6) is -2.69. The van der Waals surface area contributed by atoms with E-state index < -0.39 is 17.9 Å². The number of aromatic nitrogens is 1. The molecule has 2 bridgehead atoms. The van der Waals surface area contributed by atoms with Crippen LogP contribution in [-0.2, 0) is 27.5 Å². The van der Waals surface area contributed by atoms with E-state index in [0.29, 0.717) is 58.7 Å². The van der Waals surface area contributed by atoms with E-state index in [1.165, 1.54) is 0 Å². The Kier molecular flexibility index (Phi) is 9.65. The molecule has 0 amide bonds. The molecule has 1 aliphatic heterocycles. The quantitative estimate of drug-likeness (QED) is 0.567. The Hall–Kier alpha value is -2.56. The second kappa shape index (κ2) is 12.2. The molecule has 1 aromatic heterocycles. The van der Waals surface area contributed by atoms with Crippen LogP contribution in [0.25, 0.3) is 0 Å². The molecule has 166 valence electrons. The zero-order valence-corrected chi connectivity index (χ0v) is 17.1. The van der Waals surface area contributed by atoms with Gasteiger partial charge < -0.3 is 20.2 Å². The standard InChI is InChI=1S/C20H30N4O6/c25-18(26)6-11-22-7-2-9-23(14-19(27)28)12-16-4-1-5-17(21-16)13-24(10-3-8-22)15-20(29)30/h1,4-5H,2-3,6-15H2,(H,25,26)(H,27,28)(H,29,30). The molecule has 0 aliphatic carbocycles. The summed E-state index contributed by atoms with van der Waals surface area (Å²) >= 11 is 0. The summed E-state index contributed by atoms with van der Waals surface area (Å²) in [6.45, 7) is 3.39. The molecule has 3 N–H and O–H groups in total. The van der Waals surface area contributed by atoms with Crippen LogP contribution in [0.15, 0.2) is 18.2 Å². The number of fused-ring (bicyclic) bond motifs is 2. The first-order valence-electron chi connectivity index (χ1n) is 10.1. The summed E-state index contributed by atoms with van der Waals surface area (Å²) in [7, 11) is 0. The minimum Gasteiger partial charge on any atom is -0.481 e. The highest BCUT2D eigenvalue weighted by atomic mass is 16.4. The van der Waals surface area contributed by atoms with Gasteiger partial charge in [-0.05, 0) is 38.1 Å². The maximum absolute atomic E-state index is 11.3. The summed E-state index contributed by atoms with van der Waals surface area (Å²) in [6.07, 6.45) is 1.43. The van der Waals surface area contributed by atoms with Crippen LogP contribution in [-0.4, -0.2) is 98.7 Å². The van der Waals surface area contributed by atoms with Gasteiger partial charge in [0.05, 0.1) is 30.9 Å². The van der Waals surface area contributed by atoms with Crippen molar-refractivity contribution in [3.63, 3.8) is 0 Å². The highest BCUT2D eigenvalue weighted by Crippen LogP contribution is 2.10. The van der Waals surface area contributed by atoms with Crippen molar-refractivity contribution in [3.05, 3.63) is 29.6 Å². The van der Waals surface area contributed by atoms with Crippen LogP contribution in [0.4, 0.5) is 0 Å². The number of rotatable bonds is 7. The molecule has 0 spiro atoms. The van der Waals surface area contributed by atoms with Crippen molar-refractivity contribution < 1.29 is 29.7 Å². The average molecular weight is 422 g/mol. The van der Waals surface area contributed by atoms with Gasteiger partial charge in [0, 0.05) is 32.7 Å². The number of carboxylic acids is 3. The van der Waals surface area contributed by atoms with E-state index in [9.17, 15) is 24.6 Å². The van der Waals surface area contributed by atoms with Crippen molar-refractivity contribution in [1.82, 2.24) is 19.7 Å². The largest absolute Gasteiger partial charge is 0.481 e. The lowest BCUT2D eigenvalue weighted by molar-refractivity contribution is -0.139. The molecule has 10 heteroatoms. The molecule has 0 fully saturated rings. The highest BCUT2D eigenvalue weighted by molar-refractivity contribution is 5.69. The van der Waals surface area contributed by atoms with Gasteiger partial charge in [0.15, 0.2) is 0 Å².